The molecule has 5 nitrogen and oxygen atoms in total. The first-order valence-corrected chi connectivity index (χ1v) is 11.0. The van der Waals surface area contributed by atoms with Crippen molar-refractivity contribution in [2.24, 2.45) is 0 Å². The lowest BCUT2D eigenvalue weighted by Gasteiger charge is -2.39. The normalized spacial score (nSPS) is 23.7. The first kappa shape index (κ1) is 21.1. The number of carbonyl (C=O) groups excluding carboxylic acids is 1. The third-order valence-electron chi connectivity index (χ3n) is 5.76. The molecule has 0 bridgehead atoms. The van der Waals surface area contributed by atoms with Crippen LogP contribution in [0.25, 0.3) is 0 Å². The van der Waals surface area contributed by atoms with E-state index in [1.54, 1.807) is 11.8 Å². The number of carbonyl (C=O) groups is 1. The van der Waals surface area contributed by atoms with Crippen molar-refractivity contribution in [1.82, 2.24) is 4.31 Å². The van der Waals surface area contributed by atoms with Crippen molar-refractivity contribution in [2.45, 2.75) is 69.0 Å². The molecule has 156 valence electrons. The van der Waals surface area contributed by atoms with E-state index in [9.17, 15) is 26.4 Å². The van der Waals surface area contributed by atoms with Crippen molar-refractivity contribution in [3.05, 3.63) is 23.8 Å². The van der Waals surface area contributed by atoms with Gasteiger partial charge < -0.3 is 4.90 Å². The van der Waals surface area contributed by atoms with Gasteiger partial charge in [-0.2, -0.15) is 17.5 Å². The van der Waals surface area contributed by atoms with Gasteiger partial charge in [0.25, 0.3) is 0 Å². The summed E-state index contributed by atoms with van der Waals surface area (Å²) in [5.74, 6) is -0.143. The van der Waals surface area contributed by atoms with Crippen LogP contribution in [0.15, 0.2) is 23.1 Å². The van der Waals surface area contributed by atoms with Crippen molar-refractivity contribution < 1.29 is 26.4 Å². The number of hydrogen-bond acceptors (Lipinski definition) is 3. The highest BCUT2D eigenvalue weighted by atomic mass is 32.2. The van der Waals surface area contributed by atoms with Crippen LogP contribution in [-0.4, -0.2) is 43.4 Å². The van der Waals surface area contributed by atoms with Gasteiger partial charge in [-0.3, -0.25) is 4.79 Å². The van der Waals surface area contributed by atoms with Gasteiger partial charge >= 0.3 is 6.18 Å². The van der Waals surface area contributed by atoms with Crippen LogP contribution in [0.2, 0.25) is 0 Å². The summed E-state index contributed by atoms with van der Waals surface area (Å²) in [6.45, 7) is 3.48. The summed E-state index contributed by atoms with van der Waals surface area (Å²) in [6, 6.07) is 4.29. The molecule has 28 heavy (non-hydrogen) atoms. The molecule has 1 fully saturated rings. The monoisotopic (exact) mass is 418 g/mol. The van der Waals surface area contributed by atoms with E-state index in [-0.39, 0.29) is 43.0 Å². The zero-order valence-corrected chi connectivity index (χ0v) is 16.9. The highest BCUT2D eigenvalue weighted by Crippen LogP contribution is 2.48. The van der Waals surface area contributed by atoms with Gasteiger partial charge in [0.05, 0.1) is 4.90 Å². The third kappa shape index (κ3) is 3.32. The summed E-state index contributed by atoms with van der Waals surface area (Å²) in [5, 5.41) is 0. The van der Waals surface area contributed by atoms with Crippen molar-refractivity contribution in [3.63, 3.8) is 0 Å². The van der Waals surface area contributed by atoms with E-state index < -0.39 is 21.7 Å². The molecule has 1 aromatic rings. The number of fused-ring (bicyclic) bond motifs is 1. The Hall–Kier alpha value is -1.61. The molecule has 0 aromatic heterocycles. The first-order chi connectivity index (χ1) is 13.0. The number of halogens is 3. The van der Waals surface area contributed by atoms with Gasteiger partial charge in [-0.25, -0.2) is 8.42 Å². The van der Waals surface area contributed by atoms with Crippen LogP contribution in [0, 0.1) is 0 Å². The van der Waals surface area contributed by atoms with E-state index in [0.29, 0.717) is 34.9 Å². The molecule has 2 aliphatic rings. The Morgan fingerprint density at radius 3 is 2.54 bits per heavy atom. The number of aryl methyl sites for hydroxylation is 1. The number of alkyl halides is 3. The molecule has 1 atom stereocenters. The lowest BCUT2D eigenvalue weighted by molar-refractivity contribution is -0.212. The van der Waals surface area contributed by atoms with Gasteiger partial charge in [0.15, 0.2) is 0 Å². The van der Waals surface area contributed by atoms with Crippen LogP contribution in [0.5, 0.6) is 0 Å². The van der Waals surface area contributed by atoms with Crippen molar-refractivity contribution >= 4 is 21.6 Å². The fourth-order valence-electron chi connectivity index (χ4n) is 4.48. The maximum Gasteiger partial charge on any atom is 0.407 e. The summed E-state index contributed by atoms with van der Waals surface area (Å²) < 4.78 is 69.0. The SMILES string of the molecule is CCC[C@@]1(C(F)(F)F)CCCN1S(=O)(=O)c1ccc2c(c1)CCCN2C(C)=O. The van der Waals surface area contributed by atoms with Gasteiger partial charge in [-0.1, -0.05) is 13.3 Å². The van der Waals surface area contributed by atoms with Crippen LogP contribution in [0.1, 0.15) is 51.5 Å². The zero-order chi connectivity index (χ0) is 20.7. The second-order valence-electron chi connectivity index (χ2n) is 7.52. The molecule has 2 aliphatic heterocycles. The van der Waals surface area contributed by atoms with E-state index in [4.69, 9.17) is 0 Å². The minimum atomic E-state index is -4.63. The van der Waals surface area contributed by atoms with Crippen LogP contribution in [0.4, 0.5) is 18.9 Å². The van der Waals surface area contributed by atoms with E-state index in [0.717, 1.165) is 0 Å². The van der Waals surface area contributed by atoms with E-state index in [1.807, 2.05) is 0 Å². The van der Waals surface area contributed by atoms with Crippen LogP contribution >= 0.6 is 0 Å². The summed E-state index contributed by atoms with van der Waals surface area (Å²) >= 11 is 0. The predicted octanol–water partition coefficient (Wildman–Crippen LogP) is 3.87. The van der Waals surface area contributed by atoms with Gasteiger partial charge in [-0.15, -0.1) is 0 Å². The fraction of sp³-hybridized carbons (Fsp3) is 0.632. The molecule has 0 spiro atoms. The molecule has 1 amide bonds. The standard InChI is InChI=1S/C19H25F3N2O3S/c1-3-9-18(19(20,21)22)10-5-12-24(18)28(26,27)16-7-8-17-15(13-16)6-4-11-23(17)14(2)25/h7-8,13H,3-6,9-12H2,1-2H3/t18-/m0/s1. The Balaban J connectivity index is 2.04. The number of rotatable bonds is 4. The van der Waals surface area contributed by atoms with Crippen LogP contribution < -0.4 is 4.90 Å². The van der Waals surface area contributed by atoms with Gasteiger partial charge in [0.2, 0.25) is 15.9 Å². The quantitative estimate of drug-likeness (QED) is 0.746. The van der Waals surface area contributed by atoms with Crippen molar-refractivity contribution in [1.29, 1.82) is 0 Å². The Morgan fingerprint density at radius 2 is 1.93 bits per heavy atom. The summed E-state index contributed by atoms with van der Waals surface area (Å²) in [6.07, 6.45) is -3.41. The van der Waals surface area contributed by atoms with Crippen LogP contribution in [0.3, 0.4) is 0 Å². The maximum absolute atomic E-state index is 14.0. The highest BCUT2D eigenvalue weighted by molar-refractivity contribution is 7.89. The van der Waals surface area contributed by atoms with Gasteiger partial charge in [-0.05, 0) is 55.9 Å². The smallest absolute Gasteiger partial charge is 0.312 e. The Morgan fingerprint density at radius 1 is 1.21 bits per heavy atom. The third-order valence-corrected chi connectivity index (χ3v) is 7.72. The molecule has 0 unspecified atom stereocenters. The average molecular weight is 418 g/mol. The predicted molar refractivity (Wildman–Crippen MR) is 99.6 cm³/mol. The molecule has 1 saturated heterocycles. The largest absolute Gasteiger partial charge is 0.407 e. The summed E-state index contributed by atoms with van der Waals surface area (Å²) in [5.41, 5.74) is -1.04. The topological polar surface area (TPSA) is 57.7 Å². The Kier molecular flexibility index (Phi) is 5.53. The number of sulfonamides is 1. The molecule has 0 saturated carbocycles. The molecular weight excluding hydrogens is 393 g/mol. The van der Waals surface area contributed by atoms with Crippen molar-refractivity contribution in [2.75, 3.05) is 18.0 Å². The minimum Gasteiger partial charge on any atom is -0.312 e. The average Bonchev–Trinajstić information content (AvgIpc) is 3.06. The molecule has 3 rings (SSSR count). The maximum atomic E-state index is 14.0. The molecular formula is C19H25F3N2O3S. The Bertz CT molecular complexity index is 870. The lowest BCUT2D eigenvalue weighted by atomic mass is 9.91. The summed E-state index contributed by atoms with van der Waals surface area (Å²) in [4.78, 5) is 13.2. The zero-order valence-electron chi connectivity index (χ0n) is 16.1. The van der Waals surface area contributed by atoms with Gasteiger partial charge in [0, 0.05) is 25.7 Å². The van der Waals surface area contributed by atoms with E-state index in [1.165, 1.54) is 25.1 Å². The fourth-order valence-corrected chi connectivity index (χ4v) is 6.38. The molecule has 1 aromatic carbocycles. The highest BCUT2D eigenvalue weighted by Gasteiger charge is 2.63. The molecule has 0 aliphatic carbocycles. The molecule has 0 radical (unpaired) electrons. The molecule has 9 heteroatoms. The number of benzene rings is 1. The Labute approximate surface area is 163 Å². The van der Waals surface area contributed by atoms with Crippen molar-refractivity contribution in [3.8, 4) is 0 Å². The lowest BCUT2D eigenvalue weighted by Crippen LogP contribution is -2.57. The number of amides is 1. The second kappa shape index (κ2) is 7.33. The number of anilines is 1. The van der Waals surface area contributed by atoms with E-state index in [2.05, 4.69) is 0 Å². The molecule has 0 N–H and O–H groups in total. The summed E-state index contributed by atoms with van der Waals surface area (Å²) in [7, 11) is -4.31. The number of nitrogens with zero attached hydrogens (tertiary/aromatic N) is 2. The second-order valence-corrected chi connectivity index (χ2v) is 9.39. The number of hydrogen-bond donors (Lipinski definition) is 0. The minimum absolute atomic E-state index is 0.136. The van der Waals surface area contributed by atoms with Gasteiger partial charge in [0.1, 0.15) is 5.54 Å². The first-order valence-electron chi connectivity index (χ1n) is 9.55. The van der Waals surface area contributed by atoms with Crippen LogP contribution in [-0.2, 0) is 21.2 Å². The molecule has 2 heterocycles. The van der Waals surface area contributed by atoms with E-state index >= 15 is 0 Å².